The van der Waals surface area contributed by atoms with Gasteiger partial charge in [-0.1, -0.05) is 36.4 Å². The Morgan fingerprint density at radius 2 is 2.10 bits per heavy atom. The van der Waals surface area contributed by atoms with Crippen LogP contribution >= 0.6 is 0 Å². The van der Waals surface area contributed by atoms with Crippen molar-refractivity contribution in [2.45, 2.75) is 24.7 Å². The number of carbonyl (C=O) groups is 3. The molecule has 1 aromatic carbocycles. The molecule has 1 aromatic rings. The number of aldehydes is 1. The number of rotatable bonds is 5. The smallest absolute Gasteiger partial charge is 0.375 e. The Hall–Kier alpha value is -2.27. The highest BCUT2D eigenvalue weighted by Gasteiger charge is 2.52. The van der Waals surface area contributed by atoms with Gasteiger partial charge < -0.3 is 9.47 Å². The summed E-state index contributed by atoms with van der Waals surface area (Å²) in [5, 5.41) is 0. The summed E-state index contributed by atoms with van der Waals surface area (Å²) in [6.45, 7) is 0.0539. The van der Waals surface area contributed by atoms with Crippen LogP contribution in [0.4, 0.5) is 0 Å². The number of esters is 1. The molecule has 2 bridgehead atoms. The van der Waals surface area contributed by atoms with E-state index in [1.54, 1.807) is 12.2 Å². The van der Waals surface area contributed by atoms with Gasteiger partial charge in [-0.2, -0.15) is 0 Å². The second-order valence-electron chi connectivity index (χ2n) is 5.25. The quantitative estimate of drug-likeness (QED) is 0.352. The summed E-state index contributed by atoms with van der Waals surface area (Å²) < 4.78 is 10.5. The van der Waals surface area contributed by atoms with E-state index in [0.717, 1.165) is 5.56 Å². The topological polar surface area (TPSA) is 69.7 Å². The zero-order valence-electron chi connectivity index (χ0n) is 11.2. The minimum absolute atomic E-state index is 0.0539. The van der Waals surface area contributed by atoms with E-state index in [0.29, 0.717) is 6.29 Å². The van der Waals surface area contributed by atoms with Crippen molar-refractivity contribution < 1.29 is 23.9 Å². The van der Waals surface area contributed by atoms with Gasteiger partial charge in [0.25, 0.3) is 0 Å². The molecule has 5 heteroatoms. The average molecular weight is 286 g/mol. The molecule has 0 aromatic heterocycles. The molecule has 3 atom stereocenters. The maximum atomic E-state index is 12.1. The molecule has 5 nitrogen and oxygen atoms in total. The number of ether oxygens (including phenoxy) is 2. The Bertz CT molecular complexity index is 606. The molecule has 2 aliphatic rings. The number of Topliss-reactive ketones (excluding diaryl/α,β-unsaturated/α-hetero) is 1. The maximum Gasteiger partial charge on any atom is 0.375 e. The zero-order valence-corrected chi connectivity index (χ0v) is 11.2. The highest BCUT2D eigenvalue weighted by molar-refractivity contribution is 6.34. The monoisotopic (exact) mass is 286 g/mol. The highest BCUT2D eigenvalue weighted by atomic mass is 16.5. The summed E-state index contributed by atoms with van der Waals surface area (Å²) in [6.07, 6.45) is 3.67. The predicted molar refractivity (Wildman–Crippen MR) is 72.2 cm³/mol. The normalized spacial score (nSPS) is 29.3. The number of carbonyl (C=O) groups excluding carboxylic acids is 3. The molecule has 0 aliphatic carbocycles. The van der Waals surface area contributed by atoms with Crippen LogP contribution in [-0.4, -0.2) is 29.7 Å². The molecular formula is C16H14O5. The molecule has 1 saturated heterocycles. The van der Waals surface area contributed by atoms with Crippen molar-refractivity contribution in [3.05, 3.63) is 48.0 Å². The highest BCUT2D eigenvalue weighted by Crippen LogP contribution is 2.41. The molecule has 21 heavy (non-hydrogen) atoms. The van der Waals surface area contributed by atoms with Crippen LogP contribution in [0.5, 0.6) is 0 Å². The lowest BCUT2D eigenvalue weighted by molar-refractivity contribution is -0.157. The third kappa shape index (κ3) is 2.52. The molecule has 3 rings (SSSR count). The van der Waals surface area contributed by atoms with Crippen molar-refractivity contribution >= 4 is 18.0 Å². The van der Waals surface area contributed by atoms with Crippen molar-refractivity contribution in [3.63, 3.8) is 0 Å². The fourth-order valence-corrected chi connectivity index (χ4v) is 2.68. The van der Waals surface area contributed by atoms with Crippen LogP contribution in [0.3, 0.4) is 0 Å². The first-order valence-corrected chi connectivity index (χ1v) is 6.72. The van der Waals surface area contributed by atoms with Crippen LogP contribution in [0.15, 0.2) is 42.5 Å². The van der Waals surface area contributed by atoms with E-state index in [-0.39, 0.29) is 13.0 Å². The fourth-order valence-electron chi connectivity index (χ4n) is 2.68. The van der Waals surface area contributed by atoms with E-state index in [9.17, 15) is 14.4 Å². The number of hydrogen-bond donors (Lipinski definition) is 0. The number of hydrogen-bond acceptors (Lipinski definition) is 5. The molecule has 0 spiro atoms. The van der Waals surface area contributed by atoms with Crippen LogP contribution in [0.1, 0.15) is 12.0 Å². The SMILES string of the molecule is O=CC12C=C[C@H](O1)C(C(=O)C(=O)OCc1ccccc1)C2. The zero-order chi connectivity index (χ0) is 14.9. The lowest BCUT2D eigenvalue weighted by Crippen LogP contribution is -2.32. The summed E-state index contributed by atoms with van der Waals surface area (Å²) in [5.41, 5.74) is -0.225. The van der Waals surface area contributed by atoms with E-state index in [1.807, 2.05) is 30.3 Å². The second-order valence-corrected chi connectivity index (χ2v) is 5.25. The van der Waals surface area contributed by atoms with Gasteiger partial charge in [0.2, 0.25) is 5.78 Å². The lowest BCUT2D eigenvalue weighted by atomic mass is 9.84. The molecule has 0 saturated carbocycles. The third-order valence-electron chi connectivity index (χ3n) is 3.81. The molecule has 0 N–H and O–H groups in total. The van der Waals surface area contributed by atoms with Gasteiger partial charge in [0.1, 0.15) is 12.2 Å². The van der Waals surface area contributed by atoms with Crippen molar-refractivity contribution in [1.82, 2.24) is 0 Å². The minimum Gasteiger partial charge on any atom is -0.455 e. The van der Waals surface area contributed by atoms with Crippen LogP contribution in [0.2, 0.25) is 0 Å². The molecule has 108 valence electrons. The van der Waals surface area contributed by atoms with E-state index >= 15 is 0 Å². The Morgan fingerprint density at radius 1 is 1.33 bits per heavy atom. The van der Waals surface area contributed by atoms with E-state index in [1.165, 1.54) is 0 Å². The first-order chi connectivity index (χ1) is 10.1. The van der Waals surface area contributed by atoms with Crippen molar-refractivity contribution in [1.29, 1.82) is 0 Å². The second kappa shape index (κ2) is 5.26. The predicted octanol–water partition coefficient (Wildman–Crippen LogP) is 1.21. The van der Waals surface area contributed by atoms with Gasteiger partial charge in [-0.15, -0.1) is 0 Å². The summed E-state index contributed by atoms with van der Waals surface area (Å²) >= 11 is 0. The molecule has 2 aliphatic heterocycles. The number of fused-ring (bicyclic) bond motifs is 2. The van der Waals surface area contributed by atoms with Crippen molar-refractivity contribution in [2.75, 3.05) is 0 Å². The molecule has 0 radical (unpaired) electrons. The van der Waals surface area contributed by atoms with E-state index in [4.69, 9.17) is 9.47 Å². The van der Waals surface area contributed by atoms with Gasteiger partial charge in [0.05, 0.1) is 12.0 Å². The molecule has 1 fully saturated rings. The molecule has 2 heterocycles. The van der Waals surface area contributed by atoms with Gasteiger partial charge >= 0.3 is 5.97 Å². The first-order valence-electron chi connectivity index (χ1n) is 6.72. The fraction of sp³-hybridized carbons (Fsp3) is 0.312. The largest absolute Gasteiger partial charge is 0.455 e. The van der Waals surface area contributed by atoms with Crippen molar-refractivity contribution in [2.24, 2.45) is 5.92 Å². The van der Waals surface area contributed by atoms with Crippen LogP contribution in [0.25, 0.3) is 0 Å². The molecule has 2 unspecified atom stereocenters. The summed E-state index contributed by atoms with van der Waals surface area (Å²) in [5.74, 6) is -2.15. The van der Waals surface area contributed by atoms with Gasteiger partial charge in [-0.25, -0.2) is 4.79 Å². The van der Waals surface area contributed by atoms with Gasteiger partial charge in [-0.3, -0.25) is 9.59 Å². The minimum atomic E-state index is -1.04. The van der Waals surface area contributed by atoms with Gasteiger partial charge in [-0.05, 0) is 11.6 Å². The van der Waals surface area contributed by atoms with Crippen LogP contribution in [-0.2, 0) is 30.5 Å². The number of ketones is 1. The Labute approximate surface area is 121 Å². The Morgan fingerprint density at radius 3 is 2.76 bits per heavy atom. The average Bonchev–Trinajstić information content (AvgIpc) is 3.12. The Balaban J connectivity index is 1.60. The first kappa shape index (κ1) is 13.7. The summed E-state index contributed by atoms with van der Waals surface area (Å²) in [7, 11) is 0. The van der Waals surface area contributed by atoms with Gasteiger partial charge in [0, 0.05) is 6.42 Å². The summed E-state index contributed by atoms with van der Waals surface area (Å²) in [4.78, 5) is 35.0. The van der Waals surface area contributed by atoms with E-state index in [2.05, 4.69) is 0 Å². The van der Waals surface area contributed by atoms with E-state index < -0.39 is 29.4 Å². The van der Waals surface area contributed by atoms with Crippen molar-refractivity contribution in [3.8, 4) is 0 Å². The third-order valence-corrected chi connectivity index (χ3v) is 3.81. The molecule has 0 amide bonds. The summed E-state index contributed by atoms with van der Waals surface area (Å²) in [6, 6.07) is 9.13. The Kier molecular flexibility index (Phi) is 3.43. The number of benzene rings is 1. The van der Waals surface area contributed by atoms with Gasteiger partial charge in [0.15, 0.2) is 6.29 Å². The molecular weight excluding hydrogens is 272 g/mol. The standard InChI is InChI=1S/C16H14O5/c17-10-16-7-6-13(21-16)12(8-16)14(18)15(19)20-9-11-4-2-1-3-5-11/h1-7,10,12-13H,8-9H2/t12?,13-,16?/m0/s1. The maximum absolute atomic E-state index is 12.1. The lowest BCUT2D eigenvalue weighted by Gasteiger charge is -2.15. The van der Waals surface area contributed by atoms with Crippen LogP contribution < -0.4 is 0 Å². The van der Waals surface area contributed by atoms with Crippen LogP contribution in [0, 0.1) is 5.92 Å².